The molecule has 0 bridgehead atoms. The molecule has 0 saturated heterocycles. The zero-order valence-corrected chi connectivity index (χ0v) is 21.2. The molecule has 0 spiro atoms. The van der Waals surface area contributed by atoms with Crippen molar-refractivity contribution < 1.29 is 10.0 Å². The molecule has 0 aromatic heterocycles. The van der Waals surface area contributed by atoms with Gasteiger partial charge in [-0.3, -0.25) is 4.79 Å². The quantitative estimate of drug-likeness (QED) is 0.275. The lowest BCUT2D eigenvalue weighted by Gasteiger charge is -2.58. The van der Waals surface area contributed by atoms with E-state index in [1.54, 1.807) is 0 Å². The molecule has 8 atom stereocenters. The van der Waals surface area contributed by atoms with Crippen LogP contribution in [-0.2, 0) is 4.79 Å². The molecule has 1 N–H and O–H groups in total. The van der Waals surface area contributed by atoms with E-state index in [1.807, 2.05) is 6.08 Å². The van der Waals surface area contributed by atoms with Gasteiger partial charge in [0.25, 0.3) is 0 Å². The lowest BCUT2D eigenvalue weighted by molar-refractivity contribution is -0.116. The number of allylic oxidation sites excluding steroid dienone is 3. The number of ketones is 1. The highest BCUT2D eigenvalue weighted by Crippen LogP contribution is 2.67. The Labute approximate surface area is 195 Å². The fourth-order valence-electron chi connectivity index (χ4n) is 8.69. The number of carbonyl (C=O) groups is 1. The number of fused-ring (bicyclic) bond motifs is 5. The first kappa shape index (κ1) is 23.8. The van der Waals surface area contributed by atoms with Gasteiger partial charge in [0.05, 0.1) is 5.71 Å². The molecular formula is C29H45NO2. The van der Waals surface area contributed by atoms with Crippen LogP contribution in [0, 0.1) is 52.3 Å². The summed E-state index contributed by atoms with van der Waals surface area (Å²) in [7, 11) is 0. The molecule has 3 heteroatoms. The van der Waals surface area contributed by atoms with Crippen molar-refractivity contribution in [3.8, 4) is 0 Å². The largest absolute Gasteiger partial charge is 0.411 e. The molecule has 3 saturated carbocycles. The maximum Gasteiger partial charge on any atom is 0.156 e. The Morgan fingerprint density at radius 1 is 1.12 bits per heavy atom. The SMILES string of the molecule is CC[C@H](/C=C/[C@@H](C)[C@H]1CC[C@H]2[C@@H]3C/C(=N\O)C4=CC(=O)CC[C@]4(C)[C@H]3CC[C@]12C)C(C)C. The first-order chi connectivity index (χ1) is 15.2. The van der Waals surface area contributed by atoms with Crippen LogP contribution in [0.25, 0.3) is 0 Å². The van der Waals surface area contributed by atoms with E-state index in [2.05, 4.69) is 58.9 Å². The summed E-state index contributed by atoms with van der Waals surface area (Å²) in [4.78, 5) is 12.2. The van der Waals surface area contributed by atoms with Gasteiger partial charge in [0.15, 0.2) is 5.78 Å². The Hall–Kier alpha value is -1.38. The average molecular weight is 440 g/mol. The van der Waals surface area contributed by atoms with Crippen LogP contribution >= 0.6 is 0 Å². The summed E-state index contributed by atoms with van der Waals surface area (Å²) in [6.07, 6.45) is 15.6. The second-order valence-electron chi connectivity index (χ2n) is 12.4. The lowest BCUT2D eigenvalue weighted by atomic mass is 9.46. The second-order valence-corrected chi connectivity index (χ2v) is 12.4. The van der Waals surface area contributed by atoms with E-state index < -0.39 is 0 Å². The topological polar surface area (TPSA) is 49.7 Å². The van der Waals surface area contributed by atoms with E-state index in [-0.39, 0.29) is 11.2 Å². The Morgan fingerprint density at radius 3 is 2.53 bits per heavy atom. The maximum absolute atomic E-state index is 12.2. The van der Waals surface area contributed by atoms with Gasteiger partial charge in [-0.15, -0.1) is 0 Å². The van der Waals surface area contributed by atoms with Crippen LogP contribution in [0.15, 0.2) is 29.0 Å². The Kier molecular flexibility index (Phi) is 6.51. The van der Waals surface area contributed by atoms with Crippen LogP contribution < -0.4 is 0 Å². The van der Waals surface area contributed by atoms with Gasteiger partial charge >= 0.3 is 0 Å². The predicted molar refractivity (Wildman–Crippen MR) is 132 cm³/mol. The predicted octanol–water partition coefficient (Wildman–Crippen LogP) is 7.45. The molecule has 0 aliphatic heterocycles. The summed E-state index contributed by atoms with van der Waals surface area (Å²) in [5.74, 6) is 4.82. The molecule has 3 fully saturated rings. The van der Waals surface area contributed by atoms with Crippen molar-refractivity contribution >= 4 is 11.5 Å². The first-order valence-electron chi connectivity index (χ1n) is 13.3. The van der Waals surface area contributed by atoms with Crippen LogP contribution in [0.4, 0.5) is 0 Å². The molecule has 0 unspecified atom stereocenters. The van der Waals surface area contributed by atoms with Gasteiger partial charge < -0.3 is 5.21 Å². The average Bonchev–Trinajstić information content (AvgIpc) is 3.11. The minimum absolute atomic E-state index is 0.00502. The van der Waals surface area contributed by atoms with Gasteiger partial charge in [0, 0.05) is 6.42 Å². The Balaban J connectivity index is 1.59. The highest BCUT2D eigenvalue weighted by atomic mass is 16.4. The third-order valence-electron chi connectivity index (χ3n) is 10.6. The van der Waals surface area contributed by atoms with Crippen molar-refractivity contribution in [3.63, 3.8) is 0 Å². The van der Waals surface area contributed by atoms with Gasteiger partial charge in [-0.05, 0) is 109 Å². The third-order valence-corrected chi connectivity index (χ3v) is 10.6. The van der Waals surface area contributed by atoms with Crippen molar-refractivity contribution in [2.45, 2.75) is 92.9 Å². The van der Waals surface area contributed by atoms with Crippen LogP contribution in [0.2, 0.25) is 0 Å². The number of carbonyl (C=O) groups excluding carboxylic acids is 1. The van der Waals surface area contributed by atoms with Gasteiger partial charge in [-0.1, -0.05) is 58.9 Å². The molecule has 0 aromatic rings. The van der Waals surface area contributed by atoms with Gasteiger partial charge in [0.1, 0.15) is 0 Å². The molecule has 4 rings (SSSR count). The number of nitrogens with zero attached hydrogens (tertiary/aromatic N) is 1. The number of hydrogen-bond acceptors (Lipinski definition) is 3. The standard InChI is InChI=1S/C29H45NO2/c1-7-20(18(2)3)9-8-19(4)23-10-11-24-22-17-27(30-32)26-16-21(31)12-14-29(26,6)25(22)13-15-28(23,24)5/h8-9,16,18-20,22-25,32H,7,10-15,17H2,1-6H3/b9-8+,30-27+/t19-,20-,22+,23-,24+,25+,28-,29-/m1/s1. The molecule has 32 heavy (non-hydrogen) atoms. The van der Waals surface area contributed by atoms with Crippen LogP contribution in [0.5, 0.6) is 0 Å². The number of oxime groups is 1. The first-order valence-corrected chi connectivity index (χ1v) is 13.3. The summed E-state index contributed by atoms with van der Waals surface area (Å²) in [6.45, 7) is 14.4. The minimum atomic E-state index is -0.00502. The monoisotopic (exact) mass is 439 g/mol. The zero-order chi connectivity index (χ0) is 23.3. The summed E-state index contributed by atoms with van der Waals surface area (Å²) in [5.41, 5.74) is 2.21. The van der Waals surface area contributed by atoms with Crippen LogP contribution in [-0.4, -0.2) is 16.7 Å². The van der Waals surface area contributed by atoms with E-state index in [0.29, 0.717) is 47.3 Å². The molecule has 0 radical (unpaired) electrons. The smallest absolute Gasteiger partial charge is 0.156 e. The maximum atomic E-state index is 12.2. The normalized spacial score (nSPS) is 42.5. The van der Waals surface area contributed by atoms with Gasteiger partial charge in [0.2, 0.25) is 0 Å². The molecule has 178 valence electrons. The molecule has 0 heterocycles. The summed E-state index contributed by atoms with van der Waals surface area (Å²) >= 11 is 0. The summed E-state index contributed by atoms with van der Waals surface area (Å²) in [5, 5.41) is 13.6. The van der Waals surface area contributed by atoms with Crippen molar-refractivity contribution in [2.24, 2.45) is 57.4 Å². The number of hydrogen-bond donors (Lipinski definition) is 1. The second kappa shape index (κ2) is 8.76. The van der Waals surface area contributed by atoms with Crippen molar-refractivity contribution in [1.82, 2.24) is 0 Å². The fraction of sp³-hybridized carbons (Fsp3) is 0.793. The highest BCUT2D eigenvalue weighted by Gasteiger charge is 2.60. The molecular weight excluding hydrogens is 394 g/mol. The van der Waals surface area contributed by atoms with E-state index in [4.69, 9.17) is 0 Å². The van der Waals surface area contributed by atoms with E-state index in [1.165, 1.54) is 32.1 Å². The minimum Gasteiger partial charge on any atom is -0.411 e. The van der Waals surface area contributed by atoms with Crippen molar-refractivity contribution in [1.29, 1.82) is 0 Å². The Bertz CT molecular complexity index is 823. The third kappa shape index (κ3) is 3.72. The molecule has 0 amide bonds. The molecule has 3 nitrogen and oxygen atoms in total. The van der Waals surface area contributed by atoms with Crippen LogP contribution in [0.3, 0.4) is 0 Å². The van der Waals surface area contributed by atoms with Crippen LogP contribution in [0.1, 0.15) is 92.9 Å². The number of rotatable bonds is 5. The van der Waals surface area contributed by atoms with Gasteiger partial charge in [-0.2, -0.15) is 0 Å². The highest BCUT2D eigenvalue weighted by molar-refractivity contribution is 6.08. The van der Waals surface area contributed by atoms with Crippen molar-refractivity contribution in [3.05, 3.63) is 23.8 Å². The summed E-state index contributed by atoms with van der Waals surface area (Å²) in [6, 6.07) is 0. The molecule has 0 aromatic carbocycles. The van der Waals surface area contributed by atoms with E-state index in [0.717, 1.165) is 30.0 Å². The fourth-order valence-corrected chi connectivity index (χ4v) is 8.69. The van der Waals surface area contributed by atoms with Crippen molar-refractivity contribution in [2.75, 3.05) is 0 Å². The zero-order valence-electron chi connectivity index (χ0n) is 21.2. The Morgan fingerprint density at radius 2 is 1.88 bits per heavy atom. The molecule has 4 aliphatic rings. The van der Waals surface area contributed by atoms with E-state index >= 15 is 0 Å². The van der Waals surface area contributed by atoms with E-state index in [9.17, 15) is 10.0 Å². The lowest BCUT2D eigenvalue weighted by Crippen LogP contribution is -2.53. The summed E-state index contributed by atoms with van der Waals surface area (Å²) < 4.78 is 0. The van der Waals surface area contributed by atoms with Gasteiger partial charge in [-0.25, -0.2) is 0 Å². The molecule has 4 aliphatic carbocycles.